The normalized spacial score (nSPS) is 13.9. The highest BCUT2D eigenvalue weighted by Crippen LogP contribution is 2.32. The van der Waals surface area contributed by atoms with Crippen LogP contribution in [0.25, 0.3) is 0 Å². The zero-order chi connectivity index (χ0) is 12.4. The molecule has 0 aliphatic carbocycles. The molecule has 0 spiro atoms. The third-order valence-corrected chi connectivity index (χ3v) is 2.25. The van der Waals surface area contributed by atoms with Crippen LogP contribution in [0.2, 0.25) is 0 Å². The van der Waals surface area contributed by atoms with E-state index in [0.717, 1.165) is 6.20 Å². The zero-order valence-electron chi connectivity index (χ0n) is 8.83. The number of aromatic nitrogens is 1. The average molecular weight is 235 g/mol. The van der Waals surface area contributed by atoms with E-state index in [0.29, 0.717) is 6.54 Å². The topological polar surface area (TPSA) is 85.6 Å². The van der Waals surface area contributed by atoms with Crippen LogP contribution in [-0.4, -0.2) is 29.0 Å². The Balaban J connectivity index is 2.43. The number of anilines is 1. The van der Waals surface area contributed by atoms with E-state index in [1.165, 1.54) is 11.0 Å². The first-order valence-corrected chi connectivity index (χ1v) is 4.82. The third kappa shape index (κ3) is 1.94. The van der Waals surface area contributed by atoms with Gasteiger partial charge in [-0.2, -0.15) is 0 Å². The second-order valence-electron chi connectivity index (χ2n) is 3.35. The summed E-state index contributed by atoms with van der Waals surface area (Å²) in [6.45, 7) is 3.68. The zero-order valence-corrected chi connectivity index (χ0v) is 8.83. The fourth-order valence-corrected chi connectivity index (χ4v) is 1.49. The molecule has 0 saturated carbocycles. The van der Waals surface area contributed by atoms with Crippen molar-refractivity contribution < 1.29 is 14.5 Å². The molecule has 0 fully saturated rings. The van der Waals surface area contributed by atoms with Gasteiger partial charge in [0.2, 0.25) is 0 Å². The second-order valence-corrected chi connectivity index (χ2v) is 3.35. The lowest BCUT2D eigenvalue weighted by molar-refractivity contribution is -0.385. The van der Waals surface area contributed by atoms with Crippen molar-refractivity contribution in [1.29, 1.82) is 0 Å². The molecule has 1 aromatic heterocycles. The SMILES string of the molecule is C=CCN1C(=O)COc2cc([N+](=O)[O-])cnc21. The molecule has 1 aromatic rings. The van der Waals surface area contributed by atoms with Crippen LogP contribution >= 0.6 is 0 Å². The summed E-state index contributed by atoms with van der Waals surface area (Å²) >= 11 is 0. The van der Waals surface area contributed by atoms with Crippen LogP contribution in [0.5, 0.6) is 5.75 Å². The van der Waals surface area contributed by atoms with Crippen LogP contribution in [0.15, 0.2) is 24.9 Å². The number of carbonyl (C=O) groups is 1. The molecule has 88 valence electrons. The maximum Gasteiger partial charge on any atom is 0.291 e. The van der Waals surface area contributed by atoms with Gasteiger partial charge < -0.3 is 4.74 Å². The van der Waals surface area contributed by atoms with Gasteiger partial charge in [-0.3, -0.25) is 19.8 Å². The number of fused-ring (bicyclic) bond motifs is 1. The van der Waals surface area contributed by atoms with Crippen molar-refractivity contribution in [3.63, 3.8) is 0 Å². The Labute approximate surface area is 96.5 Å². The number of amides is 1. The molecule has 0 bridgehead atoms. The van der Waals surface area contributed by atoms with Crippen LogP contribution < -0.4 is 9.64 Å². The Bertz CT molecular complexity index is 500. The van der Waals surface area contributed by atoms with Crippen molar-refractivity contribution in [1.82, 2.24) is 4.98 Å². The highest BCUT2D eigenvalue weighted by molar-refractivity contribution is 5.97. The lowest BCUT2D eigenvalue weighted by Gasteiger charge is -2.26. The van der Waals surface area contributed by atoms with Crippen molar-refractivity contribution in [2.45, 2.75) is 0 Å². The Hall–Kier alpha value is -2.44. The Morgan fingerprint density at radius 3 is 3.12 bits per heavy atom. The van der Waals surface area contributed by atoms with Crippen molar-refractivity contribution in [3.8, 4) is 5.75 Å². The number of hydrogen-bond donors (Lipinski definition) is 0. The number of carbonyl (C=O) groups excluding carboxylic acids is 1. The first kappa shape index (κ1) is 11.1. The lowest BCUT2D eigenvalue weighted by atomic mass is 10.3. The van der Waals surface area contributed by atoms with Crippen molar-refractivity contribution in [3.05, 3.63) is 35.0 Å². The summed E-state index contributed by atoms with van der Waals surface area (Å²) in [6.07, 6.45) is 2.65. The molecular weight excluding hydrogens is 226 g/mol. The summed E-state index contributed by atoms with van der Waals surface area (Å²) in [5.74, 6) is 0.270. The molecule has 0 unspecified atom stereocenters. The average Bonchev–Trinajstić information content (AvgIpc) is 2.32. The summed E-state index contributed by atoms with van der Waals surface area (Å²) in [4.78, 5) is 26.8. The Kier molecular flexibility index (Phi) is 2.73. The third-order valence-electron chi connectivity index (χ3n) is 2.25. The Morgan fingerprint density at radius 2 is 2.47 bits per heavy atom. The monoisotopic (exact) mass is 235 g/mol. The van der Waals surface area contributed by atoms with Gasteiger partial charge in [0.25, 0.3) is 11.6 Å². The molecule has 2 heterocycles. The van der Waals surface area contributed by atoms with Crippen molar-refractivity contribution in [2.75, 3.05) is 18.1 Å². The predicted molar refractivity (Wildman–Crippen MR) is 58.9 cm³/mol. The molecule has 0 radical (unpaired) electrons. The second kappa shape index (κ2) is 4.20. The van der Waals surface area contributed by atoms with Crippen molar-refractivity contribution >= 4 is 17.4 Å². The van der Waals surface area contributed by atoms with E-state index in [2.05, 4.69) is 11.6 Å². The van der Waals surface area contributed by atoms with E-state index < -0.39 is 4.92 Å². The van der Waals surface area contributed by atoms with E-state index in [1.807, 2.05) is 0 Å². The van der Waals surface area contributed by atoms with Gasteiger partial charge in [-0.25, -0.2) is 4.98 Å². The van der Waals surface area contributed by atoms with Crippen LogP contribution in [0, 0.1) is 10.1 Å². The molecule has 0 saturated heterocycles. The van der Waals surface area contributed by atoms with Gasteiger partial charge in [0.05, 0.1) is 11.0 Å². The van der Waals surface area contributed by atoms with Crippen LogP contribution in [0.1, 0.15) is 0 Å². The summed E-state index contributed by atoms with van der Waals surface area (Å²) in [7, 11) is 0. The molecule has 1 aliphatic heterocycles. The minimum atomic E-state index is -0.565. The van der Waals surface area contributed by atoms with Gasteiger partial charge in [-0.05, 0) is 0 Å². The van der Waals surface area contributed by atoms with Crippen LogP contribution in [0.4, 0.5) is 11.5 Å². The fraction of sp³-hybridized carbons (Fsp3) is 0.200. The fourth-order valence-electron chi connectivity index (χ4n) is 1.49. The molecule has 0 N–H and O–H groups in total. The maximum absolute atomic E-state index is 11.5. The van der Waals surface area contributed by atoms with Gasteiger partial charge in [0.1, 0.15) is 6.20 Å². The summed E-state index contributed by atoms with van der Waals surface area (Å²) in [5, 5.41) is 10.6. The van der Waals surface area contributed by atoms with Gasteiger partial charge in [0, 0.05) is 6.54 Å². The van der Waals surface area contributed by atoms with Crippen LogP contribution in [-0.2, 0) is 4.79 Å². The minimum absolute atomic E-state index is 0.149. The van der Waals surface area contributed by atoms with E-state index in [4.69, 9.17) is 4.74 Å². The van der Waals surface area contributed by atoms with E-state index >= 15 is 0 Å². The number of nitro groups is 1. The molecule has 7 heteroatoms. The molecule has 1 amide bonds. The van der Waals surface area contributed by atoms with E-state index in [9.17, 15) is 14.9 Å². The Morgan fingerprint density at radius 1 is 1.71 bits per heavy atom. The van der Waals surface area contributed by atoms with Crippen molar-refractivity contribution in [2.24, 2.45) is 0 Å². The highest BCUT2D eigenvalue weighted by atomic mass is 16.6. The number of hydrogen-bond acceptors (Lipinski definition) is 5. The molecule has 0 aromatic carbocycles. The van der Waals surface area contributed by atoms with Gasteiger partial charge in [0.15, 0.2) is 18.2 Å². The highest BCUT2D eigenvalue weighted by Gasteiger charge is 2.27. The molecule has 2 rings (SSSR count). The number of nitrogens with zero attached hydrogens (tertiary/aromatic N) is 3. The summed E-state index contributed by atoms with van der Waals surface area (Å²) in [6, 6.07) is 1.25. The summed E-state index contributed by atoms with van der Waals surface area (Å²) < 4.78 is 5.11. The number of ether oxygens (including phenoxy) is 1. The number of rotatable bonds is 3. The van der Waals surface area contributed by atoms with E-state index in [1.54, 1.807) is 6.08 Å². The quantitative estimate of drug-likeness (QED) is 0.441. The molecule has 17 heavy (non-hydrogen) atoms. The smallest absolute Gasteiger partial charge is 0.291 e. The van der Waals surface area contributed by atoms with Gasteiger partial charge in [-0.1, -0.05) is 6.08 Å². The molecule has 0 atom stereocenters. The standard InChI is InChI=1S/C10H9N3O4/c1-2-3-12-9(14)6-17-8-4-7(13(15)16)5-11-10(8)12/h2,4-5H,1,3,6H2. The van der Waals surface area contributed by atoms with Crippen LogP contribution in [0.3, 0.4) is 0 Å². The first-order chi connectivity index (χ1) is 8.13. The molecule has 1 aliphatic rings. The first-order valence-electron chi connectivity index (χ1n) is 4.82. The molecular formula is C10H9N3O4. The minimum Gasteiger partial charge on any atom is -0.480 e. The largest absolute Gasteiger partial charge is 0.480 e. The lowest BCUT2D eigenvalue weighted by Crippen LogP contribution is -2.39. The van der Waals surface area contributed by atoms with E-state index in [-0.39, 0.29) is 29.8 Å². The van der Waals surface area contributed by atoms with Gasteiger partial charge >= 0.3 is 0 Å². The maximum atomic E-state index is 11.5. The number of pyridine rings is 1. The van der Waals surface area contributed by atoms with Gasteiger partial charge in [-0.15, -0.1) is 6.58 Å². The predicted octanol–water partition coefficient (Wildman–Crippen LogP) is 0.901. The summed E-state index contributed by atoms with van der Waals surface area (Å²) in [5.41, 5.74) is -0.170. The molecule has 7 nitrogen and oxygen atoms in total.